The van der Waals surface area contributed by atoms with Crippen LogP contribution < -0.4 is 5.32 Å². The quantitative estimate of drug-likeness (QED) is 0.806. The van der Waals surface area contributed by atoms with E-state index < -0.39 is 0 Å². The van der Waals surface area contributed by atoms with Crippen LogP contribution in [0, 0.1) is 5.92 Å². The van der Waals surface area contributed by atoms with Crippen molar-refractivity contribution in [2.45, 2.75) is 38.6 Å². The molecule has 1 N–H and O–H groups in total. The van der Waals surface area contributed by atoms with Crippen molar-refractivity contribution in [2.24, 2.45) is 13.0 Å². The highest BCUT2D eigenvalue weighted by Gasteiger charge is 2.27. The highest BCUT2D eigenvalue weighted by Crippen LogP contribution is 2.28. The maximum atomic E-state index is 4.30. The maximum Gasteiger partial charge on any atom is 0.138 e. The number of aryl methyl sites for hydroxylation is 1. The van der Waals surface area contributed by atoms with Crippen LogP contribution in [0.2, 0.25) is 0 Å². The molecule has 0 aromatic carbocycles. The first kappa shape index (κ1) is 10.6. The molecule has 0 amide bonds. The Bertz CT molecular complexity index is 307. The Hall–Kier alpha value is -0.900. The lowest BCUT2D eigenvalue weighted by atomic mass is 9.99. The monoisotopic (exact) mass is 208 g/mol. The SMILES string of the molecule is CCNC1CCCC1Cc1ncnn1C. The average Bonchev–Trinajstić information content (AvgIpc) is 2.80. The van der Waals surface area contributed by atoms with Gasteiger partial charge in [-0.2, -0.15) is 5.10 Å². The molecule has 1 aromatic heterocycles. The van der Waals surface area contributed by atoms with E-state index in [1.165, 1.54) is 19.3 Å². The minimum atomic E-state index is 0.687. The van der Waals surface area contributed by atoms with Gasteiger partial charge in [0.15, 0.2) is 0 Å². The van der Waals surface area contributed by atoms with Crippen LogP contribution in [0.25, 0.3) is 0 Å². The number of nitrogens with one attached hydrogen (secondary N) is 1. The van der Waals surface area contributed by atoms with E-state index in [-0.39, 0.29) is 0 Å². The molecule has 0 saturated heterocycles. The summed E-state index contributed by atoms with van der Waals surface area (Å²) in [6.45, 7) is 3.25. The van der Waals surface area contributed by atoms with E-state index in [4.69, 9.17) is 0 Å². The fourth-order valence-corrected chi connectivity index (χ4v) is 2.55. The molecule has 4 heteroatoms. The Morgan fingerprint density at radius 3 is 3.07 bits per heavy atom. The van der Waals surface area contributed by atoms with Gasteiger partial charge in [-0.25, -0.2) is 4.98 Å². The molecular formula is C11H20N4. The molecule has 1 saturated carbocycles. The van der Waals surface area contributed by atoms with Crippen LogP contribution in [0.3, 0.4) is 0 Å². The molecule has 1 fully saturated rings. The summed E-state index contributed by atoms with van der Waals surface area (Å²) in [7, 11) is 1.97. The highest BCUT2D eigenvalue weighted by molar-refractivity contribution is 4.93. The van der Waals surface area contributed by atoms with Crippen LogP contribution >= 0.6 is 0 Å². The Morgan fingerprint density at radius 1 is 1.53 bits per heavy atom. The van der Waals surface area contributed by atoms with Gasteiger partial charge in [-0.1, -0.05) is 13.3 Å². The molecule has 2 rings (SSSR count). The van der Waals surface area contributed by atoms with E-state index in [1.54, 1.807) is 6.33 Å². The molecule has 0 bridgehead atoms. The van der Waals surface area contributed by atoms with Crippen LogP contribution in [0.1, 0.15) is 32.0 Å². The molecular weight excluding hydrogens is 188 g/mol. The third kappa shape index (κ3) is 2.37. The van der Waals surface area contributed by atoms with Gasteiger partial charge < -0.3 is 5.32 Å². The number of aromatic nitrogens is 3. The third-order valence-corrected chi connectivity index (χ3v) is 3.38. The first-order valence-corrected chi connectivity index (χ1v) is 5.87. The summed E-state index contributed by atoms with van der Waals surface area (Å²) in [5, 5.41) is 7.68. The zero-order valence-electron chi connectivity index (χ0n) is 9.61. The molecule has 84 valence electrons. The minimum absolute atomic E-state index is 0.687. The lowest BCUT2D eigenvalue weighted by Crippen LogP contribution is -2.33. The summed E-state index contributed by atoms with van der Waals surface area (Å²) in [5.41, 5.74) is 0. The second kappa shape index (κ2) is 4.75. The lowest BCUT2D eigenvalue weighted by Gasteiger charge is -2.19. The summed E-state index contributed by atoms with van der Waals surface area (Å²) < 4.78 is 1.89. The van der Waals surface area contributed by atoms with Gasteiger partial charge in [0.05, 0.1) is 0 Å². The lowest BCUT2D eigenvalue weighted by molar-refractivity contribution is 0.395. The van der Waals surface area contributed by atoms with Crippen molar-refractivity contribution in [3.05, 3.63) is 12.2 Å². The number of hydrogen-bond donors (Lipinski definition) is 1. The van der Waals surface area contributed by atoms with Crippen LogP contribution in [0.15, 0.2) is 6.33 Å². The highest BCUT2D eigenvalue weighted by atomic mass is 15.3. The normalized spacial score (nSPS) is 26.0. The Morgan fingerprint density at radius 2 is 2.40 bits per heavy atom. The van der Waals surface area contributed by atoms with Gasteiger partial charge in [0.2, 0.25) is 0 Å². The average molecular weight is 208 g/mol. The van der Waals surface area contributed by atoms with Gasteiger partial charge in [-0.05, 0) is 25.3 Å². The third-order valence-electron chi connectivity index (χ3n) is 3.38. The molecule has 1 aliphatic rings. The molecule has 0 radical (unpaired) electrons. The van der Waals surface area contributed by atoms with Crippen molar-refractivity contribution in [3.8, 4) is 0 Å². The van der Waals surface area contributed by atoms with Crippen LogP contribution in [-0.4, -0.2) is 27.4 Å². The van der Waals surface area contributed by atoms with Gasteiger partial charge in [-0.3, -0.25) is 4.68 Å². The Balaban J connectivity index is 1.96. The zero-order chi connectivity index (χ0) is 10.7. The smallest absolute Gasteiger partial charge is 0.138 e. The second-order valence-corrected chi connectivity index (χ2v) is 4.36. The van der Waals surface area contributed by atoms with E-state index in [0.717, 1.165) is 24.7 Å². The molecule has 15 heavy (non-hydrogen) atoms. The predicted molar refractivity (Wildman–Crippen MR) is 59.5 cm³/mol. The molecule has 2 atom stereocenters. The van der Waals surface area contributed by atoms with Crippen molar-refractivity contribution >= 4 is 0 Å². The van der Waals surface area contributed by atoms with E-state index in [2.05, 4.69) is 22.3 Å². The van der Waals surface area contributed by atoms with E-state index in [9.17, 15) is 0 Å². The van der Waals surface area contributed by atoms with Crippen molar-refractivity contribution in [1.82, 2.24) is 20.1 Å². The predicted octanol–water partition coefficient (Wildman–Crippen LogP) is 1.14. The largest absolute Gasteiger partial charge is 0.314 e. The van der Waals surface area contributed by atoms with Crippen molar-refractivity contribution in [1.29, 1.82) is 0 Å². The maximum absolute atomic E-state index is 4.30. The Labute approximate surface area is 91.1 Å². The molecule has 1 aromatic rings. The van der Waals surface area contributed by atoms with Gasteiger partial charge in [-0.15, -0.1) is 0 Å². The zero-order valence-corrected chi connectivity index (χ0v) is 9.61. The molecule has 1 heterocycles. The standard InChI is InChI=1S/C11H20N4/c1-3-12-10-6-4-5-9(10)7-11-13-8-14-15(11)2/h8-10,12H,3-7H2,1-2H3. The summed E-state index contributed by atoms with van der Waals surface area (Å²) in [6.07, 6.45) is 6.70. The fraction of sp³-hybridized carbons (Fsp3) is 0.818. The number of nitrogens with zero attached hydrogens (tertiary/aromatic N) is 3. The van der Waals surface area contributed by atoms with E-state index in [1.807, 2.05) is 11.7 Å². The van der Waals surface area contributed by atoms with Crippen molar-refractivity contribution in [2.75, 3.05) is 6.54 Å². The molecule has 1 aliphatic carbocycles. The molecule has 2 unspecified atom stereocenters. The fourth-order valence-electron chi connectivity index (χ4n) is 2.55. The summed E-state index contributed by atoms with van der Waals surface area (Å²) in [6, 6.07) is 0.687. The molecule has 0 spiro atoms. The first-order valence-electron chi connectivity index (χ1n) is 5.87. The van der Waals surface area contributed by atoms with Crippen LogP contribution in [-0.2, 0) is 13.5 Å². The van der Waals surface area contributed by atoms with Gasteiger partial charge in [0.25, 0.3) is 0 Å². The summed E-state index contributed by atoms with van der Waals surface area (Å²) in [5.74, 6) is 1.86. The van der Waals surface area contributed by atoms with Gasteiger partial charge in [0, 0.05) is 19.5 Å². The number of rotatable bonds is 4. The minimum Gasteiger partial charge on any atom is -0.314 e. The Kier molecular flexibility index (Phi) is 3.36. The van der Waals surface area contributed by atoms with Crippen LogP contribution in [0.5, 0.6) is 0 Å². The van der Waals surface area contributed by atoms with E-state index in [0.29, 0.717) is 6.04 Å². The molecule has 4 nitrogen and oxygen atoms in total. The number of hydrogen-bond acceptors (Lipinski definition) is 3. The topological polar surface area (TPSA) is 42.7 Å². The van der Waals surface area contributed by atoms with Gasteiger partial charge in [0.1, 0.15) is 12.2 Å². The van der Waals surface area contributed by atoms with Crippen molar-refractivity contribution < 1.29 is 0 Å². The van der Waals surface area contributed by atoms with Crippen molar-refractivity contribution in [3.63, 3.8) is 0 Å². The second-order valence-electron chi connectivity index (χ2n) is 4.36. The molecule has 0 aliphatic heterocycles. The van der Waals surface area contributed by atoms with Gasteiger partial charge >= 0.3 is 0 Å². The summed E-state index contributed by atoms with van der Waals surface area (Å²) in [4.78, 5) is 4.30. The summed E-state index contributed by atoms with van der Waals surface area (Å²) >= 11 is 0. The van der Waals surface area contributed by atoms with Crippen LogP contribution in [0.4, 0.5) is 0 Å². The first-order chi connectivity index (χ1) is 7.31. The van der Waals surface area contributed by atoms with E-state index >= 15 is 0 Å².